The van der Waals surface area contributed by atoms with E-state index < -0.39 is 0 Å². The highest BCUT2D eigenvalue weighted by atomic mass is 15.3. The summed E-state index contributed by atoms with van der Waals surface area (Å²) < 4.78 is 1.82. The summed E-state index contributed by atoms with van der Waals surface area (Å²) in [5, 5.41) is 4.29. The van der Waals surface area contributed by atoms with Crippen LogP contribution in [0.4, 0.5) is 0 Å². The van der Waals surface area contributed by atoms with E-state index in [2.05, 4.69) is 11.7 Å². The lowest BCUT2D eigenvalue weighted by Gasteiger charge is -2.07. The third-order valence-electron chi connectivity index (χ3n) is 2.51. The lowest BCUT2D eigenvalue weighted by Crippen LogP contribution is -2.09. The third kappa shape index (κ3) is 2.04. The van der Waals surface area contributed by atoms with Gasteiger partial charge in [-0.3, -0.25) is 0 Å². The monoisotopic (exact) mass is 213 g/mol. The maximum absolute atomic E-state index is 5.98. The SMILES string of the molecule is C=C(C)C(N)c1cnn(-c2ccccc2)c1. The summed E-state index contributed by atoms with van der Waals surface area (Å²) in [5.74, 6) is 0. The van der Waals surface area contributed by atoms with E-state index in [4.69, 9.17) is 5.73 Å². The second-order valence-electron chi connectivity index (χ2n) is 3.88. The normalized spacial score (nSPS) is 12.4. The lowest BCUT2D eigenvalue weighted by molar-refractivity contribution is 0.846. The maximum atomic E-state index is 5.98. The summed E-state index contributed by atoms with van der Waals surface area (Å²) in [6.45, 7) is 5.77. The number of hydrogen-bond donors (Lipinski definition) is 1. The fraction of sp³-hybridized carbons (Fsp3) is 0.154. The quantitative estimate of drug-likeness (QED) is 0.796. The van der Waals surface area contributed by atoms with Crippen molar-refractivity contribution in [2.45, 2.75) is 13.0 Å². The van der Waals surface area contributed by atoms with Crippen LogP contribution in [0, 0.1) is 0 Å². The predicted molar refractivity (Wildman–Crippen MR) is 65.3 cm³/mol. The van der Waals surface area contributed by atoms with E-state index in [1.807, 2.05) is 48.1 Å². The molecule has 2 rings (SSSR count). The number of benzene rings is 1. The number of para-hydroxylation sites is 1. The van der Waals surface area contributed by atoms with Gasteiger partial charge >= 0.3 is 0 Å². The van der Waals surface area contributed by atoms with Gasteiger partial charge < -0.3 is 5.73 Å². The molecule has 0 bridgehead atoms. The molecule has 0 amide bonds. The van der Waals surface area contributed by atoms with E-state index in [-0.39, 0.29) is 6.04 Å². The Morgan fingerprint density at radius 2 is 2.06 bits per heavy atom. The molecule has 0 aliphatic rings. The average molecular weight is 213 g/mol. The van der Waals surface area contributed by atoms with Crippen LogP contribution in [0.1, 0.15) is 18.5 Å². The van der Waals surface area contributed by atoms with Gasteiger partial charge in [0.05, 0.1) is 17.9 Å². The third-order valence-corrected chi connectivity index (χ3v) is 2.51. The topological polar surface area (TPSA) is 43.8 Å². The molecule has 1 heterocycles. The van der Waals surface area contributed by atoms with Gasteiger partial charge in [0.15, 0.2) is 0 Å². The molecule has 0 saturated heterocycles. The molecule has 0 radical (unpaired) electrons. The predicted octanol–water partition coefficient (Wildman–Crippen LogP) is 2.45. The summed E-state index contributed by atoms with van der Waals surface area (Å²) in [5.41, 5.74) is 8.93. The van der Waals surface area contributed by atoms with Crippen molar-refractivity contribution < 1.29 is 0 Å². The summed E-state index contributed by atoms with van der Waals surface area (Å²) >= 11 is 0. The number of aromatic nitrogens is 2. The summed E-state index contributed by atoms with van der Waals surface area (Å²) in [6, 6.07) is 9.81. The minimum absolute atomic E-state index is 0.141. The maximum Gasteiger partial charge on any atom is 0.0645 e. The van der Waals surface area contributed by atoms with Crippen LogP contribution < -0.4 is 5.73 Å². The Morgan fingerprint density at radius 3 is 2.69 bits per heavy atom. The number of rotatable bonds is 3. The van der Waals surface area contributed by atoms with Crippen LogP contribution in [0.3, 0.4) is 0 Å². The fourth-order valence-corrected chi connectivity index (χ4v) is 1.50. The summed E-state index contributed by atoms with van der Waals surface area (Å²) in [4.78, 5) is 0. The fourth-order valence-electron chi connectivity index (χ4n) is 1.50. The Kier molecular flexibility index (Phi) is 2.88. The van der Waals surface area contributed by atoms with E-state index in [0.29, 0.717) is 0 Å². The molecule has 2 N–H and O–H groups in total. The van der Waals surface area contributed by atoms with Crippen molar-refractivity contribution in [1.82, 2.24) is 9.78 Å². The standard InChI is InChI=1S/C13H15N3/c1-10(2)13(14)11-8-15-16(9-11)12-6-4-3-5-7-12/h3-9,13H,1,14H2,2H3. The largest absolute Gasteiger partial charge is 0.320 e. The van der Waals surface area contributed by atoms with Crippen LogP contribution in [0.5, 0.6) is 0 Å². The molecule has 2 aromatic rings. The van der Waals surface area contributed by atoms with Crippen LogP contribution in [0.2, 0.25) is 0 Å². The van der Waals surface area contributed by atoms with Gasteiger partial charge in [-0.25, -0.2) is 4.68 Å². The first kappa shape index (κ1) is 10.6. The Bertz CT molecular complexity index is 485. The molecule has 1 unspecified atom stereocenters. The highest BCUT2D eigenvalue weighted by molar-refractivity contribution is 5.32. The summed E-state index contributed by atoms with van der Waals surface area (Å²) in [6.07, 6.45) is 3.72. The van der Waals surface area contributed by atoms with Gasteiger partial charge in [0, 0.05) is 11.8 Å². The van der Waals surface area contributed by atoms with Gasteiger partial charge in [0.1, 0.15) is 0 Å². The van der Waals surface area contributed by atoms with E-state index >= 15 is 0 Å². The van der Waals surface area contributed by atoms with Crippen molar-refractivity contribution in [2.75, 3.05) is 0 Å². The van der Waals surface area contributed by atoms with Crippen LogP contribution >= 0.6 is 0 Å². The van der Waals surface area contributed by atoms with Crippen LogP contribution in [-0.2, 0) is 0 Å². The molecule has 16 heavy (non-hydrogen) atoms. The van der Waals surface area contributed by atoms with Crippen molar-refractivity contribution in [3.63, 3.8) is 0 Å². The smallest absolute Gasteiger partial charge is 0.0645 e. The summed E-state index contributed by atoms with van der Waals surface area (Å²) in [7, 11) is 0. The zero-order valence-electron chi connectivity index (χ0n) is 9.30. The Hall–Kier alpha value is -1.87. The van der Waals surface area contributed by atoms with Crippen molar-refractivity contribution in [3.8, 4) is 5.69 Å². The second-order valence-corrected chi connectivity index (χ2v) is 3.88. The molecular formula is C13H15N3. The molecule has 1 aromatic heterocycles. The van der Waals surface area contributed by atoms with Gasteiger partial charge in [-0.05, 0) is 19.1 Å². The van der Waals surface area contributed by atoms with Crippen molar-refractivity contribution in [3.05, 3.63) is 60.4 Å². The average Bonchev–Trinajstić information content (AvgIpc) is 2.78. The van der Waals surface area contributed by atoms with Gasteiger partial charge in [-0.15, -0.1) is 0 Å². The van der Waals surface area contributed by atoms with Crippen molar-refractivity contribution in [1.29, 1.82) is 0 Å². The molecular weight excluding hydrogens is 198 g/mol. The molecule has 0 saturated carbocycles. The van der Waals surface area contributed by atoms with E-state index in [1.54, 1.807) is 6.20 Å². The second kappa shape index (κ2) is 4.33. The van der Waals surface area contributed by atoms with Crippen molar-refractivity contribution >= 4 is 0 Å². The minimum atomic E-state index is -0.141. The number of nitrogens with zero attached hydrogens (tertiary/aromatic N) is 2. The molecule has 0 aliphatic heterocycles. The first-order valence-electron chi connectivity index (χ1n) is 5.19. The number of nitrogens with two attached hydrogens (primary N) is 1. The Labute approximate surface area is 95.2 Å². The lowest BCUT2D eigenvalue weighted by atomic mass is 10.1. The van der Waals surface area contributed by atoms with Gasteiger partial charge in [0.2, 0.25) is 0 Å². The highest BCUT2D eigenvalue weighted by Gasteiger charge is 2.09. The molecule has 0 fully saturated rings. The first-order valence-corrected chi connectivity index (χ1v) is 5.19. The molecule has 0 aliphatic carbocycles. The highest BCUT2D eigenvalue weighted by Crippen LogP contribution is 2.17. The van der Waals surface area contributed by atoms with Crippen LogP contribution in [0.25, 0.3) is 5.69 Å². The number of hydrogen-bond acceptors (Lipinski definition) is 2. The van der Waals surface area contributed by atoms with Crippen LogP contribution in [0.15, 0.2) is 54.9 Å². The minimum Gasteiger partial charge on any atom is -0.320 e. The molecule has 3 heteroatoms. The first-order chi connectivity index (χ1) is 7.68. The van der Waals surface area contributed by atoms with Gasteiger partial charge in [0.25, 0.3) is 0 Å². The molecule has 1 atom stereocenters. The Morgan fingerprint density at radius 1 is 1.38 bits per heavy atom. The van der Waals surface area contributed by atoms with Gasteiger partial charge in [-0.2, -0.15) is 5.10 Å². The molecule has 0 spiro atoms. The molecule has 3 nitrogen and oxygen atoms in total. The van der Waals surface area contributed by atoms with Crippen LogP contribution in [-0.4, -0.2) is 9.78 Å². The van der Waals surface area contributed by atoms with Crippen molar-refractivity contribution in [2.24, 2.45) is 5.73 Å². The molecule has 82 valence electrons. The van der Waals surface area contributed by atoms with E-state index in [0.717, 1.165) is 16.8 Å². The zero-order chi connectivity index (χ0) is 11.5. The Balaban J connectivity index is 2.30. The van der Waals surface area contributed by atoms with E-state index in [1.165, 1.54) is 0 Å². The van der Waals surface area contributed by atoms with Gasteiger partial charge in [-0.1, -0.05) is 30.4 Å². The zero-order valence-corrected chi connectivity index (χ0v) is 9.30. The van der Waals surface area contributed by atoms with E-state index in [9.17, 15) is 0 Å². The molecule has 1 aromatic carbocycles.